The number of sulfonamides is 1. The highest BCUT2D eigenvalue weighted by atomic mass is 32.2. The molecule has 0 unspecified atom stereocenters. The molecule has 1 aliphatic rings. The average Bonchev–Trinajstić information content (AvgIpc) is 2.71. The molecule has 1 aliphatic heterocycles. The van der Waals surface area contributed by atoms with Gasteiger partial charge >= 0.3 is 0 Å². The van der Waals surface area contributed by atoms with E-state index in [1.165, 1.54) is 0 Å². The third kappa shape index (κ3) is 3.32. The molecule has 0 aromatic carbocycles. The van der Waals surface area contributed by atoms with Crippen molar-refractivity contribution in [1.29, 1.82) is 0 Å². The second-order valence-electron chi connectivity index (χ2n) is 5.27. The molecule has 5 nitrogen and oxygen atoms in total. The fourth-order valence-electron chi connectivity index (χ4n) is 2.29. The first-order valence-corrected chi connectivity index (χ1v) is 9.49. The Labute approximate surface area is 125 Å². The van der Waals surface area contributed by atoms with Gasteiger partial charge in [-0.3, -0.25) is 0 Å². The van der Waals surface area contributed by atoms with Crippen molar-refractivity contribution in [3.05, 3.63) is 11.1 Å². The SMILES string of the molecule is CC[C@H](C)S(=O)(=O)N1CCCN(c2nc(C)cs2)CC1. The van der Waals surface area contributed by atoms with E-state index in [9.17, 15) is 8.42 Å². The number of rotatable bonds is 4. The van der Waals surface area contributed by atoms with Gasteiger partial charge in [0, 0.05) is 31.6 Å². The molecular formula is C13H23N3O2S2. The minimum Gasteiger partial charge on any atom is -0.347 e. The van der Waals surface area contributed by atoms with Crippen LogP contribution in [0.4, 0.5) is 5.13 Å². The van der Waals surface area contributed by atoms with Crippen LogP contribution in [-0.2, 0) is 10.0 Å². The van der Waals surface area contributed by atoms with Crippen LogP contribution in [0, 0.1) is 6.92 Å². The molecule has 0 radical (unpaired) electrons. The van der Waals surface area contributed by atoms with Gasteiger partial charge in [-0.2, -0.15) is 4.31 Å². The lowest BCUT2D eigenvalue weighted by Crippen LogP contribution is -2.39. The van der Waals surface area contributed by atoms with Crippen molar-refractivity contribution in [1.82, 2.24) is 9.29 Å². The molecular weight excluding hydrogens is 294 g/mol. The Balaban J connectivity index is 2.06. The van der Waals surface area contributed by atoms with Crippen LogP contribution in [-0.4, -0.2) is 49.1 Å². The van der Waals surface area contributed by atoms with E-state index >= 15 is 0 Å². The quantitative estimate of drug-likeness (QED) is 0.853. The van der Waals surface area contributed by atoms with Gasteiger partial charge in [0.1, 0.15) is 0 Å². The minimum absolute atomic E-state index is 0.295. The Bertz CT molecular complexity index is 542. The summed E-state index contributed by atoms with van der Waals surface area (Å²) in [5, 5.41) is 2.75. The van der Waals surface area contributed by atoms with Crippen molar-refractivity contribution in [3.8, 4) is 0 Å². The average molecular weight is 317 g/mol. The van der Waals surface area contributed by atoms with Crippen LogP contribution in [0.1, 0.15) is 32.4 Å². The van der Waals surface area contributed by atoms with Crippen LogP contribution in [0.5, 0.6) is 0 Å². The first kappa shape index (κ1) is 15.7. The van der Waals surface area contributed by atoms with Crippen molar-refractivity contribution in [3.63, 3.8) is 0 Å². The van der Waals surface area contributed by atoms with Gasteiger partial charge in [-0.05, 0) is 26.7 Å². The standard InChI is InChI=1S/C13H23N3O2S2/c1-4-12(3)20(17,18)16-7-5-6-15(8-9-16)13-14-11(2)10-19-13/h10,12H,4-9H2,1-3H3/t12-/m0/s1. The van der Waals surface area contributed by atoms with E-state index in [2.05, 4.69) is 9.88 Å². The van der Waals surface area contributed by atoms with Crippen LogP contribution in [0.2, 0.25) is 0 Å². The van der Waals surface area contributed by atoms with Crippen molar-refractivity contribution in [2.24, 2.45) is 0 Å². The molecule has 0 amide bonds. The summed E-state index contributed by atoms with van der Waals surface area (Å²) >= 11 is 1.63. The summed E-state index contributed by atoms with van der Waals surface area (Å²) in [6.07, 6.45) is 1.52. The molecule has 0 spiro atoms. The zero-order chi connectivity index (χ0) is 14.8. The van der Waals surface area contributed by atoms with Gasteiger partial charge in [0.2, 0.25) is 10.0 Å². The highest BCUT2D eigenvalue weighted by molar-refractivity contribution is 7.89. The fourth-order valence-corrected chi connectivity index (χ4v) is 4.80. The largest absolute Gasteiger partial charge is 0.347 e. The van der Waals surface area contributed by atoms with E-state index in [0.29, 0.717) is 19.5 Å². The number of anilines is 1. The Morgan fingerprint density at radius 3 is 2.70 bits per heavy atom. The maximum absolute atomic E-state index is 12.4. The molecule has 0 bridgehead atoms. The van der Waals surface area contributed by atoms with Crippen LogP contribution in [0.15, 0.2) is 5.38 Å². The van der Waals surface area contributed by atoms with E-state index in [4.69, 9.17) is 0 Å². The lowest BCUT2D eigenvalue weighted by molar-refractivity contribution is 0.424. The van der Waals surface area contributed by atoms with Crippen LogP contribution >= 0.6 is 11.3 Å². The molecule has 0 N–H and O–H groups in total. The normalized spacial score (nSPS) is 19.9. The van der Waals surface area contributed by atoms with Crippen LogP contribution in [0.25, 0.3) is 0 Å². The molecule has 2 rings (SSSR count). The van der Waals surface area contributed by atoms with Crippen molar-refractivity contribution >= 4 is 26.5 Å². The third-order valence-corrected chi connectivity index (χ3v) is 7.23. The predicted molar refractivity (Wildman–Crippen MR) is 83.9 cm³/mol. The molecule has 1 aromatic heterocycles. The van der Waals surface area contributed by atoms with E-state index in [1.807, 2.05) is 19.2 Å². The molecule has 2 heterocycles. The number of hydrogen-bond donors (Lipinski definition) is 0. The monoisotopic (exact) mass is 317 g/mol. The Hall–Kier alpha value is -0.660. The zero-order valence-electron chi connectivity index (χ0n) is 12.4. The van der Waals surface area contributed by atoms with E-state index in [0.717, 1.165) is 30.3 Å². The first-order chi connectivity index (χ1) is 9.45. The summed E-state index contributed by atoms with van der Waals surface area (Å²) in [5.41, 5.74) is 1.03. The minimum atomic E-state index is -3.15. The molecule has 20 heavy (non-hydrogen) atoms. The molecule has 1 saturated heterocycles. The highest BCUT2D eigenvalue weighted by Crippen LogP contribution is 2.23. The van der Waals surface area contributed by atoms with Gasteiger partial charge in [-0.15, -0.1) is 11.3 Å². The van der Waals surface area contributed by atoms with Crippen LogP contribution in [0.3, 0.4) is 0 Å². The molecule has 7 heteroatoms. The Morgan fingerprint density at radius 1 is 1.35 bits per heavy atom. The number of hydrogen-bond acceptors (Lipinski definition) is 5. The maximum Gasteiger partial charge on any atom is 0.216 e. The van der Waals surface area contributed by atoms with E-state index < -0.39 is 10.0 Å². The molecule has 0 saturated carbocycles. The Kier molecular flexibility index (Phi) is 5.04. The summed E-state index contributed by atoms with van der Waals surface area (Å²) in [7, 11) is -3.15. The smallest absolute Gasteiger partial charge is 0.216 e. The first-order valence-electron chi connectivity index (χ1n) is 7.11. The van der Waals surface area contributed by atoms with Gasteiger partial charge in [0.25, 0.3) is 0 Å². The lowest BCUT2D eigenvalue weighted by Gasteiger charge is -2.24. The maximum atomic E-state index is 12.4. The van der Waals surface area contributed by atoms with Gasteiger partial charge in [-0.25, -0.2) is 13.4 Å². The molecule has 1 fully saturated rings. The Morgan fingerprint density at radius 2 is 2.10 bits per heavy atom. The van der Waals surface area contributed by atoms with Gasteiger partial charge in [-0.1, -0.05) is 6.92 Å². The summed E-state index contributed by atoms with van der Waals surface area (Å²) < 4.78 is 26.5. The topological polar surface area (TPSA) is 53.5 Å². The van der Waals surface area contributed by atoms with Crippen LogP contribution < -0.4 is 4.90 Å². The number of aromatic nitrogens is 1. The third-order valence-electron chi connectivity index (χ3n) is 3.78. The van der Waals surface area contributed by atoms with Gasteiger partial charge in [0.15, 0.2) is 5.13 Å². The van der Waals surface area contributed by atoms with E-state index in [-0.39, 0.29) is 5.25 Å². The number of aryl methyl sites for hydroxylation is 1. The molecule has 1 atom stereocenters. The van der Waals surface area contributed by atoms with Gasteiger partial charge in [0.05, 0.1) is 10.9 Å². The lowest BCUT2D eigenvalue weighted by atomic mass is 10.4. The molecule has 114 valence electrons. The second kappa shape index (κ2) is 6.41. The van der Waals surface area contributed by atoms with E-state index in [1.54, 1.807) is 22.6 Å². The van der Waals surface area contributed by atoms with Crippen molar-refractivity contribution in [2.45, 2.75) is 38.9 Å². The fraction of sp³-hybridized carbons (Fsp3) is 0.769. The highest BCUT2D eigenvalue weighted by Gasteiger charge is 2.29. The van der Waals surface area contributed by atoms with Gasteiger partial charge < -0.3 is 4.90 Å². The summed E-state index contributed by atoms with van der Waals surface area (Å²) in [6.45, 7) is 8.48. The molecule has 0 aliphatic carbocycles. The summed E-state index contributed by atoms with van der Waals surface area (Å²) in [4.78, 5) is 6.69. The second-order valence-corrected chi connectivity index (χ2v) is 8.46. The predicted octanol–water partition coefficient (Wildman–Crippen LogP) is 2.09. The zero-order valence-corrected chi connectivity index (χ0v) is 14.0. The molecule has 1 aromatic rings. The summed E-state index contributed by atoms with van der Waals surface area (Å²) in [5.74, 6) is 0. The van der Waals surface area contributed by atoms with Crippen molar-refractivity contribution < 1.29 is 8.42 Å². The number of thiazole rings is 1. The summed E-state index contributed by atoms with van der Waals surface area (Å²) in [6, 6.07) is 0. The number of nitrogens with zero attached hydrogens (tertiary/aromatic N) is 3. The van der Waals surface area contributed by atoms with Crippen molar-refractivity contribution in [2.75, 3.05) is 31.1 Å².